The van der Waals surface area contributed by atoms with Crippen molar-refractivity contribution in [3.05, 3.63) is 58.5 Å². The summed E-state index contributed by atoms with van der Waals surface area (Å²) in [7, 11) is -3.42. The van der Waals surface area contributed by atoms with Crippen LogP contribution in [0.4, 0.5) is 5.69 Å². The molecule has 0 radical (unpaired) electrons. The fraction of sp³-hybridized carbons (Fsp3) is 0.423. The number of hydrogen-bond acceptors (Lipinski definition) is 8. The Morgan fingerprint density at radius 3 is 2.30 bits per heavy atom. The number of Topliss-reactive ketones (excluding diaryl/α,β-unsaturated/α-hetero) is 2. The van der Waals surface area contributed by atoms with Crippen molar-refractivity contribution in [2.24, 2.45) is 10.2 Å². The number of hydrogen-bond donors (Lipinski definition) is 2. The van der Waals surface area contributed by atoms with Crippen LogP contribution in [0.15, 0.2) is 62.4 Å². The third kappa shape index (κ3) is 7.77. The molecule has 1 aromatic heterocycles. The van der Waals surface area contributed by atoms with Crippen LogP contribution >= 0.6 is 0 Å². The van der Waals surface area contributed by atoms with Crippen LogP contribution in [-0.4, -0.2) is 66.3 Å². The number of unbranched alkanes of at least 4 members (excludes halogenated alkanes) is 1. The Morgan fingerprint density at radius 2 is 1.65 bits per heavy atom. The third-order valence-electron chi connectivity index (χ3n) is 6.17. The van der Waals surface area contributed by atoms with Gasteiger partial charge in [-0.2, -0.15) is 10.2 Å². The summed E-state index contributed by atoms with van der Waals surface area (Å²) >= 11 is 0. The number of aromatic nitrogens is 2. The molecule has 0 spiro atoms. The van der Waals surface area contributed by atoms with E-state index in [-0.39, 0.29) is 22.8 Å². The van der Waals surface area contributed by atoms with Gasteiger partial charge in [0.25, 0.3) is 0 Å². The maximum absolute atomic E-state index is 12.8. The minimum atomic E-state index is -3.42. The van der Waals surface area contributed by atoms with Gasteiger partial charge in [0.15, 0.2) is 27.4 Å². The Kier molecular flexibility index (Phi) is 9.65. The first kappa shape index (κ1) is 28.1. The highest BCUT2D eigenvalue weighted by atomic mass is 32.2. The van der Waals surface area contributed by atoms with E-state index in [9.17, 15) is 22.8 Å². The predicted octanol–water partition coefficient (Wildman–Crippen LogP) is 3.61. The highest BCUT2D eigenvalue weighted by molar-refractivity contribution is 7.91. The van der Waals surface area contributed by atoms with Crippen molar-refractivity contribution in [1.82, 2.24) is 14.9 Å². The van der Waals surface area contributed by atoms with Gasteiger partial charge >= 0.3 is 5.69 Å². The van der Waals surface area contributed by atoms with Crippen LogP contribution in [0.5, 0.6) is 0 Å². The van der Waals surface area contributed by atoms with Gasteiger partial charge in [-0.25, -0.2) is 13.2 Å². The normalized spacial score (nSPS) is 13.0. The van der Waals surface area contributed by atoms with E-state index in [1.165, 1.54) is 31.2 Å². The van der Waals surface area contributed by atoms with Crippen LogP contribution in [0.1, 0.15) is 39.2 Å². The van der Waals surface area contributed by atoms with Crippen molar-refractivity contribution < 1.29 is 18.0 Å². The van der Waals surface area contributed by atoms with E-state index in [0.717, 1.165) is 26.1 Å². The van der Waals surface area contributed by atoms with E-state index in [0.29, 0.717) is 28.7 Å². The number of carbonyl (C=O) groups is 2. The average Bonchev–Trinajstić information content (AvgIpc) is 3.23. The molecule has 0 aliphatic heterocycles. The van der Waals surface area contributed by atoms with Crippen molar-refractivity contribution in [3.63, 3.8) is 0 Å². The quantitative estimate of drug-likeness (QED) is 0.186. The van der Waals surface area contributed by atoms with Crippen LogP contribution in [-0.2, 0) is 25.8 Å². The van der Waals surface area contributed by atoms with Gasteiger partial charge in [0.05, 0.1) is 27.4 Å². The van der Waals surface area contributed by atoms with Gasteiger partial charge in [0.2, 0.25) is 0 Å². The Bertz CT molecular complexity index is 1420. The first-order valence-corrected chi connectivity index (χ1v) is 14.0. The van der Waals surface area contributed by atoms with Gasteiger partial charge in [-0.15, -0.1) is 0 Å². The van der Waals surface area contributed by atoms with E-state index in [1.807, 2.05) is 0 Å². The van der Waals surface area contributed by atoms with E-state index in [4.69, 9.17) is 0 Å². The fourth-order valence-corrected chi connectivity index (χ4v) is 5.36. The molecule has 2 N–H and O–H groups in total. The largest absolute Gasteiger partial charge is 0.323 e. The number of nitrogens with zero attached hydrogens (tertiary/aromatic N) is 3. The zero-order chi connectivity index (χ0) is 27.0. The standard InChI is InChI=1S/C26H33N5O5S/c1-4-31(5-2)14-6-7-15-37(35,36)21-11-9-20(10-12-21)29-30-25(18(3)32)24(33)17-19-8-13-22-23(16-19)28-26(34)27-22/h8-13,16,25H,4-7,14-15,17H2,1-3H3,(H2,27,28,34). The van der Waals surface area contributed by atoms with E-state index in [1.54, 1.807) is 18.2 Å². The molecule has 198 valence electrons. The molecule has 10 nitrogen and oxygen atoms in total. The van der Waals surface area contributed by atoms with Crippen LogP contribution in [0.2, 0.25) is 0 Å². The van der Waals surface area contributed by atoms with E-state index < -0.39 is 27.4 Å². The second-order valence-electron chi connectivity index (χ2n) is 8.88. The molecule has 1 heterocycles. The molecular weight excluding hydrogens is 494 g/mol. The topological polar surface area (TPSA) is 145 Å². The Morgan fingerprint density at radius 1 is 0.973 bits per heavy atom. The number of rotatable bonds is 14. The summed E-state index contributed by atoms with van der Waals surface area (Å²) in [5, 5.41) is 7.96. The maximum atomic E-state index is 12.8. The molecule has 3 aromatic rings. The Balaban J connectivity index is 1.62. The first-order valence-electron chi connectivity index (χ1n) is 12.3. The summed E-state index contributed by atoms with van der Waals surface area (Å²) in [5.74, 6) is -0.815. The molecular formula is C26H33N5O5S. The molecule has 1 atom stereocenters. The molecule has 0 amide bonds. The number of H-pyrrole nitrogens is 2. The predicted molar refractivity (Wildman–Crippen MR) is 142 cm³/mol. The van der Waals surface area contributed by atoms with Gasteiger partial charge in [0, 0.05) is 6.42 Å². The lowest BCUT2D eigenvalue weighted by Crippen LogP contribution is -2.27. The SMILES string of the molecule is CCN(CC)CCCCS(=O)(=O)c1ccc(N=NC(C(C)=O)C(=O)Cc2ccc3[nH]c(=O)[nH]c3c2)cc1. The number of carbonyl (C=O) groups excluding carboxylic acids is 2. The molecule has 37 heavy (non-hydrogen) atoms. The lowest BCUT2D eigenvalue weighted by atomic mass is 10.0. The second kappa shape index (κ2) is 12.7. The number of aromatic amines is 2. The van der Waals surface area contributed by atoms with Gasteiger partial charge in [-0.3, -0.25) is 9.59 Å². The minimum absolute atomic E-state index is 0.0577. The lowest BCUT2D eigenvalue weighted by Gasteiger charge is -2.17. The number of benzene rings is 2. The number of azo groups is 1. The van der Waals surface area contributed by atoms with Gasteiger partial charge in [-0.1, -0.05) is 19.9 Å². The van der Waals surface area contributed by atoms with Crippen molar-refractivity contribution in [2.75, 3.05) is 25.4 Å². The van der Waals surface area contributed by atoms with Crippen molar-refractivity contribution in [3.8, 4) is 0 Å². The second-order valence-corrected chi connectivity index (χ2v) is 11.0. The molecule has 3 rings (SSSR count). The zero-order valence-corrected chi connectivity index (χ0v) is 22.2. The molecule has 0 fully saturated rings. The molecule has 0 bridgehead atoms. The van der Waals surface area contributed by atoms with Crippen molar-refractivity contribution in [1.29, 1.82) is 0 Å². The molecule has 0 saturated heterocycles. The van der Waals surface area contributed by atoms with Crippen LogP contribution < -0.4 is 5.69 Å². The number of sulfone groups is 1. The summed E-state index contributed by atoms with van der Waals surface area (Å²) in [6.07, 6.45) is 1.33. The zero-order valence-electron chi connectivity index (χ0n) is 21.4. The monoisotopic (exact) mass is 527 g/mol. The maximum Gasteiger partial charge on any atom is 0.323 e. The summed E-state index contributed by atoms with van der Waals surface area (Å²) in [6, 6.07) is 9.70. The average molecular weight is 528 g/mol. The Labute approximate surface area is 216 Å². The molecule has 0 saturated carbocycles. The number of fused-ring (bicyclic) bond motifs is 1. The fourth-order valence-electron chi connectivity index (χ4n) is 3.99. The highest BCUT2D eigenvalue weighted by Gasteiger charge is 2.23. The minimum Gasteiger partial charge on any atom is -0.306 e. The summed E-state index contributed by atoms with van der Waals surface area (Å²) in [5.41, 5.74) is 1.80. The van der Waals surface area contributed by atoms with E-state index >= 15 is 0 Å². The lowest BCUT2D eigenvalue weighted by molar-refractivity contribution is -0.127. The molecule has 1 unspecified atom stereocenters. The van der Waals surface area contributed by atoms with Crippen molar-refractivity contribution in [2.45, 2.75) is 51.0 Å². The molecule has 0 aliphatic carbocycles. The summed E-state index contributed by atoms with van der Waals surface area (Å²) in [6.45, 7) is 8.20. The van der Waals surface area contributed by atoms with Crippen LogP contribution in [0.25, 0.3) is 11.0 Å². The number of nitrogens with one attached hydrogen (secondary N) is 2. The van der Waals surface area contributed by atoms with Crippen molar-refractivity contribution >= 4 is 38.1 Å². The van der Waals surface area contributed by atoms with Gasteiger partial charge in [0.1, 0.15) is 0 Å². The smallest absolute Gasteiger partial charge is 0.306 e. The Hall–Kier alpha value is -3.44. The van der Waals surface area contributed by atoms with Gasteiger partial charge < -0.3 is 14.9 Å². The highest BCUT2D eigenvalue weighted by Crippen LogP contribution is 2.20. The first-order chi connectivity index (χ1) is 17.6. The van der Waals surface area contributed by atoms with Gasteiger partial charge in [-0.05, 0) is 81.4 Å². The summed E-state index contributed by atoms with van der Waals surface area (Å²) < 4.78 is 25.3. The summed E-state index contributed by atoms with van der Waals surface area (Å²) in [4.78, 5) is 44.0. The number of ketones is 2. The molecule has 0 aliphatic rings. The van der Waals surface area contributed by atoms with E-state index in [2.05, 4.69) is 38.9 Å². The van der Waals surface area contributed by atoms with Crippen LogP contribution in [0, 0.1) is 0 Å². The molecule has 11 heteroatoms. The van der Waals surface area contributed by atoms with Crippen LogP contribution in [0.3, 0.4) is 0 Å². The third-order valence-corrected chi connectivity index (χ3v) is 7.98. The molecule has 2 aromatic carbocycles. The number of imidazole rings is 1.